The van der Waals surface area contributed by atoms with Gasteiger partial charge in [0.25, 0.3) is 5.91 Å². The Labute approximate surface area is 160 Å². The number of ether oxygens (including phenoxy) is 1. The maximum Gasteiger partial charge on any atom is 0.253 e. The molecule has 3 rings (SSSR count). The SMILES string of the molecule is CCOc1cccc(C(=O)N2CCC(S(=O)(=O)Cc3ccccc3)CC2)c1. The van der Waals surface area contributed by atoms with Gasteiger partial charge in [-0.3, -0.25) is 4.79 Å². The average Bonchev–Trinajstić information content (AvgIpc) is 2.68. The van der Waals surface area contributed by atoms with Gasteiger partial charge in [0.2, 0.25) is 0 Å². The molecule has 2 aromatic carbocycles. The van der Waals surface area contributed by atoms with Crippen LogP contribution >= 0.6 is 0 Å². The Morgan fingerprint density at radius 1 is 1.07 bits per heavy atom. The number of piperidine rings is 1. The molecule has 0 bridgehead atoms. The van der Waals surface area contributed by atoms with Gasteiger partial charge >= 0.3 is 0 Å². The lowest BCUT2D eigenvalue weighted by atomic mass is 10.1. The summed E-state index contributed by atoms with van der Waals surface area (Å²) in [6.07, 6.45) is 0.956. The van der Waals surface area contributed by atoms with E-state index >= 15 is 0 Å². The van der Waals surface area contributed by atoms with Gasteiger partial charge in [0, 0.05) is 18.7 Å². The molecule has 2 aromatic rings. The van der Waals surface area contributed by atoms with Gasteiger partial charge in [-0.25, -0.2) is 8.42 Å². The summed E-state index contributed by atoms with van der Waals surface area (Å²) in [5.41, 5.74) is 1.38. The molecule has 1 amide bonds. The largest absolute Gasteiger partial charge is 0.494 e. The molecule has 27 heavy (non-hydrogen) atoms. The van der Waals surface area contributed by atoms with E-state index in [-0.39, 0.29) is 11.7 Å². The lowest BCUT2D eigenvalue weighted by molar-refractivity contribution is 0.0725. The fourth-order valence-corrected chi connectivity index (χ4v) is 5.23. The minimum absolute atomic E-state index is 0.0584. The van der Waals surface area contributed by atoms with E-state index < -0.39 is 15.1 Å². The van der Waals surface area contributed by atoms with Gasteiger partial charge in [0.15, 0.2) is 9.84 Å². The number of carbonyl (C=O) groups is 1. The van der Waals surface area contributed by atoms with Crippen LogP contribution in [-0.2, 0) is 15.6 Å². The minimum Gasteiger partial charge on any atom is -0.494 e. The number of sulfone groups is 1. The Morgan fingerprint density at radius 3 is 2.44 bits per heavy atom. The molecule has 0 atom stereocenters. The Bertz CT molecular complexity index is 872. The van der Waals surface area contributed by atoms with E-state index in [0.717, 1.165) is 5.56 Å². The monoisotopic (exact) mass is 387 g/mol. The van der Waals surface area contributed by atoms with Crippen LogP contribution in [0, 0.1) is 0 Å². The zero-order valence-corrected chi connectivity index (χ0v) is 16.3. The van der Waals surface area contributed by atoms with Crippen molar-refractivity contribution in [1.29, 1.82) is 0 Å². The average molecular weight is 388 g/mol. The van der Waals surface area contributed by atoms with E-state index in [0.29, 0.717) is 43.9 Å². The highest BCUT2D eigenvalue weighted by molar-refractivity contribution is 7.91. The second-order valence-electron chi connectivity index (χ2n) is 6.75. The van der Waals surface area contributed by atoms with Crippen LogP contribution in [0.3, 0.4) is 0 Å². The number of hydrogen-bond acceptors (Lipinski definition) is 4. The van der Waals surface area contributed by atoms with Crippen LogP contribution in [0.2, 0.25) is 0 Å². The van der Waals surface area contributed by atoms with Gasteiger partial charge < -0.3 is 9.64 Å². The summed E-state index contributed by atoms with van der Waals surface area (Å²) in [6, 6.07) is 16.4. The molecule has 1 saturated heterocycles. The van der Waals surface area contributed by atoms with Crippen molar-refractivity contribution in [2.24, 2.45) is 0 Å². The van der Waals surface area contributed by atoms with Crippen LogP contribution in [0.15, 0.2) is 54.6 Å². The minimum atomic E-state index is -3.22. The molecule has 0 N–H and O–H groups in total. The second kappa shape index (κ2) is 8.57. The fraction of sp³-hybridized carbons (Fsp3) is 0.381. The van der Waals surface area contributed by atoms with Crippen LogP contribution < -0.4 is 4.74 Å². The first-order valence-corrected chi connectivity index (χ1v) is 11.0. The summed E-state index contributed by atoms with van der Waals surface area (Å²) < 4.78 is 30.8. The summed E-state index contributed by atoms with van der Waals surface area (Å²) >= 11 is 0. The predicted octanol–water partition coefficient (Wildman–Crippen LogP) is 3.30. The number of benzene rings is 2. The number of nitrogens with zero attached hydrogens (tertiary/aromatic N) is 1. The van der Waals surface area contributed by atoms with E-state index in [1.165, 1.54) is 0 Å². The highest BCUT2D eigenvalue weighted by atomic mass is 32.2. The highest BCUT2D eigenvalue weighted by Crippen LogP contribution is 2.23. The third-order valence-corrected chi connectivity index (χ3v) is 7.06. The van der Waals surface area contributed by atoms with Gasteiger partial charge in [-0.15, -0.1) is 0 Å². The Balaban J connectivity index is 1.61. The van der Waals surface area contributed by atoms with Crippen molar-refractivity contribution in [3.05, 3.63) is 65.7 Å². The number of hydrogen-bond donors (Lipinski definition) is 0. The maximum atomic E-state index is 12.7. The number of rotatable bonds is 6. The number of carbonyl (C=O) groups excluding carboxylic acids is 1. The zero-order valence-electron chi connectivity index (χ0n) is 15.5. The second-order valence-corrected chi connectivity index (χ2v) is 9.03. The van der Waals surface area contributed by atoms with E-state index in [4.69, 9.17) is 4.74 Å². The summed E-state index contributed by atoms with van der Waals surface area (Å²) in [6.45, 7) is 3.35. The Hall–Kier alpha value is -2.34. The third kappa shape index (κ3) is 4.89. The van der Waals surface area contributed by atoms with E-state index in [1.54, 1.807) is 23.1 Å². The van der Waals surface area contributed by atoms with Crippen LogP contribution in [0.5, 0.6) is 5.75 Å². The smallest absolute Gasteiger partial charge is 0.253 e. The number of amides is 1. The predicted molar refractivity (Wildman–Crippen MR) is 106 cm³/mol. The maximum absolute atomic E-state index is 12.7. The molecule has 1 heterocycles. The molecule has 6 heteroatoms. The summed E-state index contributed by atoms with van der Waals surface area (Å²) in [4.78, 5) is 14.5. The van der Waals surface area contributed by atoms with Gasteiger partial charge in [-0.1, -0.05) is 36.4 Å². The first-order chi connectivity index (χ1) is 13.0. The van der Waals surface area contributed by atoms with Crippen LogP contribution in [0.25, 0.3) is 0 Å². The van der Waals surface area contributed by atoms with Crippen molar-refractivity contribution in [3.63, 3.8) is 0 Å². The highest BCUT2D eigenvalue weighted by Gasteiger charge is 2.31. The third-order valence-electron chi connectivity index (χ3n) is 4.84. The van der Waals surface area contributed by atoms with Crippen molar-refractivity contribution in [3.8, 4) is 5.75 Å². The molecule has 1 aliphatic heterocycles. The van der Waals surface area contributed by atoms with Crippen molar-refractivity contribution in [2.45, 2.75) is 30.8 Å². The lowest BCUT2D eigenvalue weighted by Crippen LogP contribution is -2.42. The molecule has 1 fully saturated rings. The van der Waals surface area contributed by atoms with Crippen molar-refractivity contribution in [1.82, 2.24) is 4.90 Å². The van der Waals surface area contributed by atoms with Crippen molar-refractivity contribution in [2.75, 3.05) is 19.7 Å². The molecule has 0 spiro atoms. The normalized spacial score (nSPS) is 15.5. The standard InChI is InChI=1S/C21H25NO4S/c1-2-26-19-10-6-9-18(15-19)21(23)22-13-11-20(12-14-22)27(24,25)16-17-7-4-3-5-8-17/h3-10,15,20H,2,11-14,16H2,1H3. The van der Waals surface area contributed by atoms with E-state index in [1.807, 2.05) is 43.3 Å². The lowest BCUT2D eigenvalue weighted by Gasteiger charge is -2.32. The summed E-state index contributed by atoms with van der Waals surface area (Å²) in [5, 5.41) is -0.392. The first-order valence-electron chi connectivity index (χ1n) is 9.27. The quantitative estimate of drug-likeness (QED) is 0.763. The van der Waals surface area contributed by atoms with Gasteiger partial charge in [0.1, 0.15) is 5.75 Å². The Morgan fingerprint density at radius 2 is 1.78 bits per heavy atom. The van der Waals surface area contributed by atoms with E-state index in [2.05, 4.69) is 0 Å². The van der Waals surface area contributed by atoms with Crippen LogP contribution in [0.4, 0.5) is 0 Å². The molecule has 0 radical (unpaired) electrons. The molecule has 144 valence electrons. The Kier molecular flexibility index (Phi) is 6.16. The molecular weight excluding hydrogens is 362 g/mol. The van der Waals surface area contributed by atoms with Crippen molar-refractivity contribution < 1.29 is 17.9 Å². The summed E-state index contributed by atoms with van der Waals surface area (Å²) in [7, 11) is -3.22. The van der Waals surface area contributed by atoms with E-state index in [9.17, 15) is 13.2 Å². The molecule has 1 aliphatic rings. The number of likely N-dealkylation sites (tertiary alicyclic amines) is 1. The van der Waals surface area contributed by atoms with Crippen molar-refractivity contribution >= 4 is 15.7 Å². The summed E-state index contributed by atoms with van der Waals surface area (Å²) in [5.74, 6) is 0.655. The first kappa shape index (κ1) is 19.4. The fourth-order valence-electron chi connectivity index (χ4n) is 3.41. The van der Waals surface area contributed by atoms with Crippen LogP contribution in [-0.4, -0.2) is 44.2 Å². The molecule has 5 nitrogen and oxygen atoms in total. The zero-order chi connectivity index (χ0) is 19.3. The molecule has 0 unspecified atom stereocenters. The molecular formula is C21H25NO4S. The van der Waals surface area contributed by atoms with Gasteiger partial charge in [-0.05, 0) is 43.5 Å². The molecule has 0 aromatic heterocycles. The van der Waals surface area contributed by atoms with Gasteiger partial charge in [-0.2, -0.15) is 0 Å². The topological polar surface area (TPSA) is 63.7 Å². The molecule has 0 aliphatic carbocycles. The molecule has 0 saturated carbocycles. The van der Waals surface area contributed by atoms with Crippen LogP contribution in [0.1, 0.15) is 35.7 Å². The van der Waals surface area contributed by atoms with Gasteiger partial charge in [0.05, 0.1) is 17.6 Å².